The van der Waals surface area contributed by atoms with Gasteiger partial charge in [-0.2, -0.15) is 0 Å². The highest BCUT2D eigenvalue weighted by molar-refractivity contribution is 9.10. The Kier molecular flexibility index (Phi) is 4.40. The van der Waals surface area contributed by atoms with E-state index in [1.807, 2.05) is 32.0 Å². The Morgan fingerprint density at radius 2 is 2.33 bits per heavy atom. The van der Waals surface area contributed by atoms with E-state index in [9.17, 15) is 4.79 Å². The largest absolute Gasteiger partial charge is 0.381 e. The second-order valence-electron chi connectivity index (χ2n) is 4.80. The van der Waals surface area contributed by atoms with E-state index in [0.29, 0.717) is 5.92 Å². The lowest BCUT2D eigenvalue weighted by atomic mass is 10.00. The van der Waals surface area contributed by atoms with Gasteiger partial charge in [0.2, 0.25) is 0 Å². The number of hydrogen-bond acceptors (Lipinski definition) is 2. The van der Waals surface area contributed by atoms with Gasteiger partial charge >= 0.3 is 0 Å². The van der Waals surface area contributed by atoms with Crippen molar-refractivity contribution in [1.82, 2.24) is 5.32 Å². The molecule has 1 amide bonds. The van der Waals surface area contributed by atoms with Crippen molar-refractivity contribution < 1.29 is 9.53 Å². The number of ether oxygens (including phenoxy) is 1. The number of nitrogens with one attached hydrogen (secondary N) is 1. The molecule has 0 saturated carbocycles. The van der Waals surface area contributed by atoms with E-state index in [1.165, 1.54) is 0 Å². The monoisotopic (exact) mass is 311 g/mol. The van der Waals surface area contributed by atoms with Gasteiger partial charge in [-0.05, 0) is 38.0 Å². The Hall–Kier alpha value is -0.870. The third-order valence-electron chi connectivity index (χ3n) is 3.54. The van der Waals surface area contributed by atoms with Crippen molar-refractivity contribution in [2.75, 3.05) is 13.2 Å². The summed E-state index contributed by atoms with van der Waals surface area (Å²) in [7, 11) is 0. The molecule has 0 spiro atoms. The Morgan fingerprint density at radius 1 is 1.56 bits per heavy atom. The summed E-state index contributed by atoms with van der Waals surface area (Å²) >= 11 is 3.45. The zero-order chi connectivity index (χ0) is 13.1. The molecule has 98 valence electrons. The maximum atomic E-state index is 12.2. The minimum atomic E-state index is -0.00630. The molecule has 0 bridgehead atoms. The number of carbonyl (C=O) groups excluding carboxylic acids is 1. The normalized spacial score (nSPS) is 20.7. The SMILES string of the molecule is Cc1c(Br)cccc1C(=O)NC(C)C1CCOC1. The van der Waals surface area contributed by atoms with Crippen LogP contribution in [0.1, 0.15) is 29.3 Å². The fourth-order valence-corrected chi connectivity index (χ4v) is 2.57. The lowest BCUT2D eigenvalue weighted by molar-refractivity contribution is 0.0921. The molecule has 2 atom stereocenters. The Labute approximate surface area is 116 Å². The van der Waals surface area contributed by atoms with Crippen molar-refractivity contribution in [2.45, 2.75) is 26.3 Å². The van der Waals surface area contributed by atoms with Crippen molar-refractivity contribution in [2.24, 2.45) is 5.92 Å². The summed E-state index contributed by atoms with van der Waals surface area (Å²) in [6, 6.07) is 5.83. The summed E-state index contributed by atoms with van der Waals surface area (Å²) in [6.45, 7) is 5.55. The van der Waals surface area contributed by atoms with Gasteiger partial charge < -0.3 is 10.1 Å². The molecule has 3 nitrogen and oxygen atoms in total. The summed E-state index contributed by atoms with van der Waals surface area (Å²) in [5, 5.41) is 3.07. The molecule has 18 heavy (non-hydrogen) atoms. The van der Waals surface area contributed by atoms with E-state index in [1.54, 1.807) is 0 Å². The zero-order valence-corrected chi connectivity index (χ0v) is 12.3. The minimum absolute atomic E-state index is 0.00630. The van der Waals surface area contributed by atoms with Crippen LogP contribution in [0.15, 0.2) is 22.7 Å². The van der Waals surface area contributed by atoms with Crippen LogP contribution in [-0.4, -0.2) is 25.2 Å². The summed E-state index contributed by atoms with van der Waals surface area (Å²) in [5.74, 6) is 0.426. The van der Waals surface area contributed by atoms with Gasteiger partial charge in [0.05, 0.1) is 6.61 Å². The molecule has 1 saturated heterocycles. The van der Waals surface area contributed by atoms with Crippen molar-refractivity contribution >= 4 is 21.8 Å². The standard InChI is InChI=1S/C14H18BrNO2/c1-9-12(4-3-5-13(9)15)14(17)16-10(2)11-6-7-18-8-11/h3-5,10-11H,6-8H2,1-2H3,(H,16,17). The van der Waals surface area contributed by atoms with Gasteiger partial charge in [-0.25, -0.2) is 0 Å². The molecule has 2 rings (SSSR count). The number of halogens is 1. The van der Waals surface area contributed by atoms with Crippen LogP contribution in [0.4, 0.5) is 0 Å². The van der Waals surface area contributed by atoms with E-state index in [-0.39, 0.29) is 11.9 Å². The second kappa shape index (κ2) is 5.85. The molecule has 1 aliphatic rings. The third-order valence-corrected chi connectivity index (χ3v) is 4.40. The lowest BCUT2D eigenvalue weighted by Crippen LogP contribution is -2.38. The minimum Gasteiger partial charge on any atom is -0.381 e. The number of hydrogen-bond donors (Lipinski definition) is 1. The maximum absolute atomic E-state index is 12.2. The van der Waals surface area contributed by atoms with Crippen LogP contribution in [0.3, 0.4) is 0 Å². The van der Waals surface area contributed by atoms with Crippen LogP contribution < -0.4 is 5.32 Å². The first-order valence-electron chi connectivity index (χ1n) is 6.23. The number of rotatable bonds is 3. The van der Waals surface area contributed by atoms with E-state index in [0.717, 1.165) is 35.2 Å². The Morgan fingerprint density at radius 3 is 3.00 bits per heavy atom. The van der Waals surface area contributed by atoms with Gasteiger partial charge in [-0.3, -0.25) is 4.79 Å². The number of amides is 1. The Bertz CT molecular complexity index is 441. The van der Waals surface area contributed by atoms with E-state index < -0.39 is 0 Å². The van der Waals surface area contributed by atoms with Gasteiger partial charge in [0.15, 0.2) is 0 Å². The van der Waals surface area contributed by atoms with Gasteiger partial charge in [0, 0.05) is 28.6 Å². The molecule has 1 aromatic carbocycles. The predicted molar refractivity (Wildman–Crippen MR) is 74.7 cm³/mol. The topological polar surface area (TPSA) is 38.3 Å². The molecule has 1 N–H and O–H groups in total. The fraction of sp³-hybridized carbons (Fsp3) is 0.500. The van der Waals surface area contributed by atoms with Crippen molar-refractivity contribution in [3.05, 3.63) is 33.8 Å². The fourth-order valence-electron chi connectivity index (χ4n) is 2.20. The van der Waals surface area contributed by atoms with Gasteiger partial charge in [0.1, 0.15) is 0 Å². The number of carbonyl (C=O) groups is 1. The molecule has 0 aromatic heterocycles. The molecule has 0 aliphatic carbocycles. The molecule has 1 aromatic rings. The summed E-state index contributed by atoms with van der Waals surface area (Å²) in [5.41, 5.74) is 1.71. The van der Waals surface area contributed by atoms with Gasteiger partial charge in [-0.1, -0.05) is 22.0 Å². The first kappa shape index (κ1) is 13.6. The average molecular weight is 312 g/mol. The molecular formula is C14H18BrNO2. The second-order valence-corrected chi connectivity index (χ2v) is 5.65. The molecule has 0 radical (unpaired) electrons. The van der Waals surface area contributed by atoms with Crippen molar-refractivity contribution in [3.8, 4) is 0 Å². The molecular weight excluding hydrogens is 294 g/mol. The van der Waals surface area contributed by atoms with Crippen LogP contribution in [0.2, 0.25) is 0 Å². The van der Waals surface area contributed by atoms with E-state index >= 15 is 0 Å². The van der Waals surface area contributed by atoms with Crippen LogP contribution in [0.25, 0.3) is 0 Å². The first-order chi connectivity index (χ1) is 8.59. The predicted octanol–water partition coefficient (Wildman–Crippen LogP) is 2.91. The van der Waals surface area contributed by atoms with Crippen LogP contribution in [0.5, 0.6) is 0 Å². The highest BCUT2D eigenvalue weighted by Gasteiger charge is 2.24. The maximum Gasteiger partial charge on any atom is 0.251 e. The van der Waals surface area contributed by atoms with Crippen LogP contribution >= 0.6 is 15.9 Å². The molecule has 4 heteroatoms. The van der Waals surface area contributed by atoms with Crippen molar-refractivity contribution in [1.29, 1.82) is 0 Å². The lowest BCUT2D eigenvalue weighted by Gasteiger charge is -2.20. The molecule has 2 unspecified atom stereocenters. The van der Waals surface area contributed by atoms with E-state index in [4.69, 9.17) is 4.74 Å². The Balaban J connectivity index is 2.05. The molecule has 1 heterocycles. The highest BCUT2D eigenvalue weighted by atomic mass is 79.9. The van der Waals surface area contributed by atoms with Gasteiger partial charge in [0.25, 0.3) is 5.91 Å². The number of benzene rings is 1. The van der Waals surface area contributed by atoms with E-state index in [2.05, 4.69) is 21.2 Å². The third kappa shape index (κ3) is 2.93. The molecule has 1 aliphatic heterocycles. The molecule has 1 fully saturated rings. The van der Waals surface area contributed by atoms with Crippen LogP contribution in [0, 0.1) is 12.8 Å². The highest BCUT2D eigenvalue weighted by Crippen LogP contribution is 2.21. The summed E-state index contributed by atoms with van der Waals surface area (Å²) < 4.78 is 6.31. The smallest absolute Gasteiger partial charge is 0.251 e. The zero-order valence-electron chi connectivity index (χ0n) is 10.7. The average Bonchev–Trinajstić information content (AvgIpc) is 2.86. The quantitative estimate of drug-likeness (QED) is 0.932. The summed E-state index contributed by atoms with van der Waals surface area (Å²) in [6.07, 6.45) is 1.03. The first-order valence-corrected chi connectivity index (χ1v) is 7.02. The van der Waals surface area contributed by atoms with Crippen LogP contribution in [-0.2, 0) is 4.74 Å². The summed E-state index contributed by atoms with van der Waals surface area (Å²) in [4.78, 5) is 12.2. The van der Waals surface area contributed by atoms with Gasteiger partial charge in [-0.15, -0.1) is 0 Å². The van der Waals surface area contributed by atoms with Crippen molar-refractivity contribution in [3.63, 3.8) is 0 Å².